The number of benzene rings is 2. The number of anilines is 1. The van der Waals surface area contributed by atoms with Crippen LogP contribution in [0.15, 0.2) is 83.9 Å². The average molecular weight is 349 g/mol. The molecule has 0 radical (unpaired) electrons. The van der Waals surface area contributed by atoms with Crippen molar-refractivity contribution in [3.63, 3.8) is 0 Å². The molecular formula is C19H15N3O2S. The van der Waals surface area contributed by atoms with Crippen LogP contribution in [0.4, 0.5) is 5.82 Å². The van der Waals surface area contributed by atoms with E-state index >= 15 is 0 Å². The van der Waals surface area contributed by atoms with Crippen LogP contribution in [0.3, 0.4) is 0 Å². The largest absolute Gasteiger partial charge is 0.346 e. The van der Waals surface area contributed by atoms with Gasteiger partial charge in [-0.2, -0.15) is 0 Å². The molecule has 0 fully saturated rings. The minimum atomic E-state index is -3.69. The zero-order valence-corrected chi connectivity index (χ0v) is 14.0. The highest BCUT2D eigenvalue weighted by molar-refractivity contribution is 7.92. The molecule has 2 N–H and O–H groups in total. The molecule has 4 aromatic rings. The Morgan fingerprint density at radius 1 is 0.800 bits per heavy atom. The number of sulfonamides is 1. The quantitative estimate of drug-likeness (QED) is 0.584. The molecule has 0 unspecified atom stereocenters. The fraction of sp³-hybridized carbons (Fsp3) is 0. The Morgan fingerprint density at radius 3 is 2.28 bits per heavy atom. The number of nitrogens with zero attached hydrogens (tertiary/aromatic N) is 1. The van der Waals surface area contributed by atoms with Gasteiger partial charge in [0, 0.05) is 11.6 Å². The van der Waals surface area contributed by atoms with Crippen molar-refractivity contribution in [3.05, 3.63) is 79.0 Å². The lowest BCUT2D eigenvalue weighted by Gasteiger charge is -2.08. The number of hydrogen-bond acceptors (Lipinski definition) is 3. The normalized spacial score (nSPS) is 11.5. The van der Waals surface area contributed by atoms with Crippen molar-refractivity contribution in [2.24, 2.45) is 0 Å². The molecule has 2 heterocycles. The minimum Gasteiger partial charge on any atom is -0.346 e. The van der Waals surface area contributed by atoms with Crippen LogP contribution in [-0.2, 0) is 10.0 Å². The van der Waals surface area contributed by atoms with Crippen molar-refractivity contribution in [2.45, 2.75) is 4.90 Å². The standard InChI is InChI=1S/C19H15N3O2S/c23-25(24,22-18-11-8-16-12-13-20-19(16)21-18)17-9-6-15(7-10-17)14-4-2-1-3-5-14/h1-13H,(H2,20,21,22). The molecule has 0 saturated heterocycles. The zero-order chi connectivity index (χ0) is 17.3. The first kappa shape index (κ1) is 15.4. The van der Waals surface area contributed by atoms with E-state index in [2.05, 4.69) is 14.7 Å². The van der Waals surface area contributed by atoms with Crippen LogP contribution in [0.1, 0.15) is 0 Å². The molecule has 0 aliphatic rings. The van der Waals surface area contributed by atoms with Gasteiger partial charge in [0.15, 0.2) is 0 Å². The Morgan fingerprint density at radius 2 is 1.52 bits per heavy atom. The van der Waals surface area contributed by atoms with Gasteiger partial charge >= 0.3 is 0 Å². The third-order valence-electron chi connectivity index (χ3n) is 3.92. The van der Waals surface area contributed by atoms with Crippen LogP contribution in [-0.4, -0.2) is 18.4 Å². The van der Waals surface area contributed by atoms with Gasteiger partial charge in [0.1, 0.15) is 11.5 Å². The van der Waals surface area contributed by atoms with Crippen LogP contribution >= 0.6 is 0 Å². The number of rotatable bonds is 4. The molecule has 0 aliphatic carbocycles. The van der Waals surface area contributed by atoms with E-state index in [4.69, 9.17) is 0 Å². The molecule has 0 saturated carbocycles. The van der Waals surface area contributed by atoms with Gasteiger partial charge in [0.25, 0.3) is 10.0 Å². The smallest absolute Gasteiger partial charge is 0.263 e. The number of hydrogen-bond donors (Lipinski definition) is 2. The lowest BCUT2D eigenvalue weighted by molar-refractivity contribution is 0.601. The predicted molar refractivity (Wildman–Crippen MR) is 98.8 cm³/mol. The molecule has 4 rings (SSSR count). The van der Waals surface area contributed by atoms with E-state index < -0.39 is 10.0 Å². The lowest BCUT2D eigenvalue weighted by Crippen LogP contribution is -2.13. The molecule has 124 valence electrons. The van der Waals surface area contributed by atoms with Crippen LogP contribution in [0.2, 0.25) is 0 Å². The molecule has 0 amide bonds. The maximum Gasteiger partial charge on any atom is 0.263 e. The number of pyridine rings is 1. The van der Waals surface area contributed by atoms with Gasteiger partial charge in [0.2, 0.25) is 0 Å². The molecule has 2 aromatic heterocycles. The second kappa shape index (κ2) is 6.07. The highest BCUT2D eigenvalue weighted by Gasteiger charge is 2.15. The fourth-order valence-corrected chi connectivity index (χ4v) is 3.64. The van der Waals surface area contributed by atoms with Crippen molar-refractivity contribution < 1.29 is 8.42 Å². The second-order valence-corrected chi connectivity index (χ2v) is 7.29. The van der Waals surface area contributed by atoms with Gasteiger partial charge in [-0.3, -0.25) is 4.72 Å². The summed E-state index contributed by atoms with van der Waals surface area (Å²) in [6, 6.07) is 21.9. The Bertz CT molecular complexity index is 1120. The summed E-state index contributed by atoms with van der Waals surface area (Å²) in [5, 5.41) is 0.926. The first-order valence-corrected chi connectivity index (χ1v) is 9.23. The summed E-state index contributed by atoms with van der Waals surface area (Å²) in [7, 11) is -3.69. The number of aromatic amines is 1. The predicted octanol–water partition coefficient (Wildman–Crippen LogP) is 4.03. The molecule has 0 spiro atoms. The minimum absolute atomic E-state index is 0.195. The topological polar surface area (TPSA) is 74.8 Å². The first-order chi connectivity index (χ1) is 12.1. The van der Waals surface area contributed by atoms with E-state index in [1.807, 2.05) is 42.5 Å². The monoisotopic (exact) mass is 349 g/mol. The highest BCUT2D eigenvalue weighted by atomic mass is 32.2. The van der Waals surface area contributed by atoms with E-state index in [0.29, 0.717) is 5.65 Å². The average Bonchev–Trinajstić information content (AvgIpc) is 3.10. The van der Waals surface area contributed by atoms with Crippen LogP contribution in [0.25, 0.3) is 22.2 Å². The van der Waals surface area contributed by atoms with Gasteiger partial charge in [-0.15, -0.1) is 0 Å². The Kier molecular flexibility index (Phi) is 3.74. The molecular weight excluding hydrogens is 334 g/mol. The number of H-pyrrole nitrogens is 1. The van der Waals surface area contributed by atoms with Crippen LogP contribution < -0.4 is 4.72 Å². The summed E-state index contributed by atoms with van der Waals surface area (Å²) >= 11 is 0. The van der Waals surface area contributed by atoms with Crippen molar-refractivity contribution in [1.29, 1.82) is 0 Å². The van der Waals surface area contributed by atoms with Gasteiger partial charge < -0.3 is 4.98 Å². The molecule has 6 heteroatoms. The summed E-state index contributed by atoms with van der Waals surface area (Å²) in [4.78, 5) is 7.43. The van der Waals surface area contributed by atoms with E-state index in [-0.39, 0.29) is 10.7 Å². The summed E-state index contributed by atoms with van der Waals surface area (Å²) < 4.78 is 27.6. The third-order valence-corrected chi connectivity index (χ3v) is 5.29. The van der Waals surface area contributed by atoms with Gasteiger partial charge in [-0.05, 0) is 41.5 Å². The maximum absolute atomic E-state index is 12.6. The van der Waals surface area contributed by atoms with Crippen molar-refractivity contribution in [2.75, 3.05) is 4.72 Å². The Balaban J connectivity index is 1.61. The number of nitrogens with one attached hydrogen (secondary N) is 2. The fourth-order valence-electron chi connectivity index (χ4n) is 2.64. The van der Waals surface area contributed by atoms with Crippen LogP contribution in [0, 0.1) is 0 Å². The summed E-state index contributed by atoms with van der Waals surface area (Å²) in [6.45, 7) is 0. The van der Waals surface area contributed by atoms with Gasteiger partial charge in [-0.1, -0.05) is 42.5 Å². The summed E-state index contributed by atoms with van der Waals surface area (Å²) in [5.41, 5.74) is 2.64. The molecule has 0 atom stereocenters. The lowest BCUT2D eigenvalue weighted by atomic mass is 10.1. The molecule has 2 aromatic carbocycles. The van der Waals surface area contributed by atoms with Crippen LogP contribution in [0.5, 0.6) is 0 Å². The van der Waals surface area contributed by atoms with Crippen molar-refractivity contribution in [3.8, 4) is 11.1 Å². The molecule has 0 aliphatic heterocycles. The van der Waals surface area contributed by atoms with E-state index in [1.54, 1.807) is 36.5 Å². The van der Waals surface area contributed by atoms with Crippen molar-refractivity contribution in [1.82, 2.24) is 9.97 Å². The Labute approximate surface area is 145 Å². The number of fused-ring (bicyclic) bond motifs is 1. The van der Waals surface area contributed by atoms with Gasteiger partial charge in [-0.25, -0.2) is 13.4 Å². The second-order valence-electron chi connectivity index (χ2n) is 5.61. The molecule has 0 bridgehead atoms. The number of aromatic nitrogens is 2. The molecule has 5 nitrogen and oxygen atoms in total. The van der Waals surface area contributed by atoms with Gasteiger partial charge in [0.05, 0.1) is 4.90 Å². The Hall–Kier alpha value is -3.12. The zero-order valence-electron chi connectivity index (χ0n) is 13.2. The third kappa shape index (κ3) is 3.12. The van der Waals surface area contributed by atoms with E-state index in [1.165, 1.54) is 0 Å². The van der Waals surface area contributed by atoms with E-state index in [9.17, 15) is 8.42 Å². The highest BCUT2D eigenvalue weighted by Crippen LogP contribution is 2.22. The maximum atomic E-state index is 12.6. The SMILES string of the molecule is O=S(=O)(Nc1ccc2cc[nH]c2n1)c1ccc(-c2ccccc2)cc1. The van der Waals surface area contributed by atoms with E-state index in [0.717, 1.165) is 16.5 Å². The molecule has 25 heavy (non-hydrogen) atoms. The van der Waals surface area contributed by atoms with Crippen molar-refractivity contribution >= 4 is 26.9 Å². The first-order valence-electron chi connectivity index (χ1n) is 7.74. The summed E-state index contributed by atoms with van der Waals surface area (Å²) in [6.07, 6.45) is 1.76. The summed E-state index contributed by atoms with van der Waals surface area (Å²) in [5.74, 6) is 0.280.